The second-order valence-electron chi connectivity index (χ2n) is 4.99. The zero-order valence-corrected chi connectivity index (χ0v) is 9.98. The van der Waals surface area contributed by atoms with Crippen LogP contribution in [0.1, 0.15) is 32.1 Å². The summed E-state index contributed by atoms with van der Waals surface area (Å²) in [6.45, 7) is 0.516. The van der Waals surface area contributed by atoms with Crippen molar-refractivity contribution in [2.24, 2.45) is 0 Å². The number of amides is 1. The van der Waals surface area contributed by atoms with Crippen molar-refractivity contribution in [1.29, 1.82) is 0 Å². The molecule has 1 aromatic rings. The number of fused-ring (bicyclic) bond motifs is 1. The van der Waals surface area contributed by atoms with Crippen LogP contribution >= 0.6 is 0 Å². The monoisotopic (exact) mass is 230 g/mol. The first-order valence-electron chi connectivity index (χ1n) is 6.50. The Hall–Kier alpha value is -1.51. The summed E-state index contributed by atoms with van der Waals surface area (Å²) in [7, 11) is 0. The van der Waals surface area contributed by atoms with E-state index in [0.717, 1.165) is 5.69 Å². The number of benzene rings is 1. The maximum absolute atomic E-state index is 11.7. The molecular formula is C14H18N2O. The minimum Gasteiger partial charge on any atom is -0.358 e. The zero-order chi connectivity index (χ0) is 11.7. The molecule has 1 aliphatic carbocycles. The van der Waals surface area contributed by atoms with E-state index in [1.54, 1.807) is 0 Å². The van der Waals surface area contributed by atoms with Crippen molar-refractivity contribution in [3.8, 4) is 0 Å². The van der Waals surface area contributed by atoms with Gasteiger partial charge >= 0.3 is 0 Å². The highest BCUT2D eigenvalue weighted by Crippen LogP contribution is 2.34. The Bertz CT molecular complexity index is 424. The lowest BCUT2D eigenvalue weighted by Crippen LogP contribution is -2.45. The Kier molecular flexibility index (Phi) is 2.75. The number of carbonyl (C=O) groups is 1. The van der Waals surface area contributed by atoms with Crippen molar-refractivity contribution in [2.45, 2.75) is 38.1 Å². The van der Waals surface area contributed by atoms with Crippen molar-refractivity contribution in [2.75, 3.05) is 16.8 Å². The topological polar surface area (TPSA) is 32.3 Å². The Morgan fingerprint density at radius 3 is 2.71 bits per heavy atom. The van der Waals surface area contributed by atoms with Gasteiger partial charge in [-0.05, 0) is 25.0 Å². The van der Waals surface area contributed by atoms with Crippen LogP contribution in [-0.2, 0) is 4.79 Å². The zero-order valence-electron chi connectivity index (χ0n) is 9.98. The third kappa shape index (κ3) is 2.02. The van der Waals surface area contributed by atoms with E-state index in [0.29, 0.717) is 12.6 Å². The van der Waals surface area contributed by atoms with Crippen molar-refractivity contribution >= 4 is 17.3 Å². The van der Waals surface area contributed by atoms with E-state index in [-0.39, 0.29) is 5.91 Å². The van der Waals surface area contributed by atoms with Gasteiger partial charge in [-0.2, -0.15) is 0 Å². The molecule has 0 spiro atoms. The first-order valence-corrected chi connectivity index (χ1v) is 6.50. The normalized spacial score (nSPS) is 20.9. The molecule has 1 amide bonds. The Morgan fingerprint density at radius 1 is 1.12 bits per heavy atom. The fourth-order valence-electron chi connectivity index (χ4n) is 2.98. The molecule has 0 bridgehead atoms. The van der Waals surface area contributed by atoms with E-state index >= 15 is 0 Å². The number of nitrogens with zero attached hydrogens (tertiary/aromatic N) is 1. The third-order valence-electron chi connectivity index (χ3n) is 3.82. The molecular weight excluding hydrogens is 212 g/mol. The summed E-state index contributed by atoms with van der Waals surface area (Å²) in [6, 6.07) is 8.68. The van der Waals surface area contributed by atoms with Gasteiger partial charge in [0, 0.05) is 6.04 Å². The fourth-order valence-corrected chi connectivity index (χ4v) is 2.98. The van der Waals surface area contributed by atoms with Gasteiger partial charge in [0.2, 0.25) is 5.91 Å². The molecule has 0 saturated heterocycles. The van der Waals surface area contributed by atoms with Crippen LogP contribution < -0.4 is 10.2 Å². The van der Waals surface area contributed by atoms with Gasteiger partial charge in [-0.15, -0.1) is 0 Å². The van der Waals surface area contributed by atoms with E-state index in [1.807, 2.05) is 18.2 Å². The van der Waals surface area contributed by atoms with Crippen LogP contribution in [0.25, 0.3) is 0 Å². The molecule has 1 aromatic carbocycles. The van der Waals surface area contributed by atoms with Crippen LogP contribution in [-0.4, -0.2) is 18.5 Å². The van der Waals surface area contributed by atoms with Gasteiger partial charge in [0.05, 0.1) is 17.9 Å². The second kappa shape index (κ2) is 4.40. The largest absolute Gasteiger partial charge is 0.358 e. The Labute approximate surface area is 102 Å². The van der Waals surface area contributed by atoms with Crippen LogP contribution in [0.5, 0.6) is 0 Å². The van der Waals surface area contributed by atoms with Crippen molar-refractivity contribution in [3.63, 3.8) is 0 Å². The predicted molar refractivity (Wildman–Crippen MR) is 69.3 cm³/mol. The molecule has 2 aliphatic rings. The molecule has 3 rings (SSSR count). The average molecular weight is 230 g/mol. The summed E-state index contributed by atoms with van der Waals surface area (Å²) in [4.78, 5) is 14.0. The molecule has 1 aliphatic heterocycles. The molecule has 0 atom stereocenters. The summed E-state index contributed by atoms with van der Waals surface area (Å²) in [6.07, 6.45) is 6.39. The number of hydrogen-bond donors (Lipinski definition) is 1. The van der Waals surface area contributed by atoms with Gasteiger partial charge in [0.15, 0.2) is 0 Å². The highest BCUT2D eigenvalue weighted by atomic mass is 16.2. The first kappa shape index (κ1) is 10.6. The van der Waals surface area contributed by atoms with Crippen LogP contribution in [0.2, 0.25) is 0 Å². The standard InChI is InChI=1S/C14H18N2O/c17-14-10-16(11-6-2-1-3-7-11)13-9-5-4-8-12(13)15-14/h4-5,8-9,11H,1-3,6-7,10H2,(H,15,17). The SMILES string of the molecule is O=C1CN(C2CCCCC2)c2ccccc2N1. The summed E-state index contributed by atoms with van der Waals surface area (Å²) in [5.74, 6) is 0.120. The number of anilines is 2. The number of para-hydroxylation sites is 2. The van der Waals surface area contributed by atoms with Crippen molar-refractivity contribution < 1.29 is 4.79 Å². The van der Waals surface area contributed by atoms with Gasteiger partial charge in [-0.3, -0.25) is 4.79 Å². The molecule has 0 radical (unpaired) electrons. The maximum Gasteiger partial charge on any atom is 0.243 e. The molecule has 0 unspecified atom stereocenters. The Morgan fingerprint density at radius 2 is 1.88 bits per heavy atom. The van der Waals surface area contributed by atoms with Crippen LogP contribution in [0.3, 0.4) is 0 Å². The van der Waals surface area contributed by atoms with Gasteiger partial charge in [0.25, 0.3) is 0 Å². The number of nitrogens with one attached hydrogen (secondary N) is 1. The maximum atomic E-state index is 11.7. The average Bonchev–Trinajstić information content (AvgIpc) is 2.39. The second-order valence-corrected chi connectivity index (χ2v) is 4.99. The van der Waals surface area contributed by atoms with Crippen molar-refractivity contribution in [1.82, 2.24) is 0 Å². The van der Waals surface area contributed by atoms with Gasteiger partial charge in [-0.1, -0.05) is 31.4 Å². The number of rotatable bonds is 1. The summed E-state index contributed by atoms with van der Waals surface area (Å²) >= 11 is 0. The summed E-state index contributed by atoms with van der Waals surface area (Å²) in [5, 5.41) is 2.95. The minimum absolute atomic E-state index is 0.120. The molecule has 1 heterocycles. The molecule has 3 nitrogen and oxygen atoms in total. The van der Waals surface area contributed by atoms with Crippen LogP contribution in [0, 0.1) is 0 Å². The quantitative estimate of drug-likeness (QED) is 0.804. The smallest absolute Gasteiger partial charge is 0.243 e. The van der Waals surface area contributed by atoms with Gasteiger partial charge in [0.1, 0.15) is 0 Å². The predicted octanol–water partition coefficient (Wildman–Crippen LogP) is 2.78. The van der Waals surface area contributed by atoms with E-state index in [4.69, 9.17) is 0 Å². The summed E-state index contributed by atoms with van der Waals surface area (Å²) < 4.78 is 0. The molecule has 1 fully saturated rings. The number of hydrogen-bond acceptors (Lipinski definition) is 2. The highest BCUT2D eigenvalue weighted by Gasteiger charge is 2.28. The first-order chi connectivity index (χ1) is 8.34. The molecule has 1 N–H and O–H groups in total. The van der Waals surface area contributed by atoms with Gasteiger partial charge in [-0.25, -0.2) is 0 Å². The van der Waals surface area contributed by atoms with E-state index in [2.05, 4.69) is 16.3 Å². The number of carbonyl (C=O) groups excluding carboxylic acids is 1. The van der Waals surface area contributed by atoms with Crippen molar-refractivity contribution in [3.05, 3.63) is 24.3 Å². The van der Waals surface area contributed by atoms with E-state index < -0.39 is 0 Å². The lowest BCUT2D eigenvalue weighted by atomic mass is 9.93. The van der Waals surface area contributed by atoms with Crippen LogP contribution in [0.4, 0.5) is 11.4 Å². The lowest BCUT2D eigenvalue weighted by molar-refractivity contribution is -0.115. The molecule has 3 heteroatoms. The Balaban J connectivity index is 1.91. The molecule has 1 saturated carbocycles. The molecule has 0 aromatic heterocycles. The van der Waals surface area contributed by atoms with Crippen LogP contribution in [0.15, 0.2) is 24.3 Å². The minimum atomic E-state index is 0.120. The van der Waals surface area contributed by atoms with E-state index in [1.165, 1.54) is 37.8 Å². The summed E-state index contributed by atoms with van der Waals surface area (Å²) in [5.41, 5.74) is 2.16. The lowest BCUT2D eigenvalue weighted by Gasteiger charge is -2.39. The third-order valence-corrected chi connectivity index (χ3v) is 3.82. The fraction of sp³-hybridized carbons (Fsp3) is 0.500. The van der Waals surface area contributed by atoms with Gasteiger partial charge < -0.3 is 10.2 Å². The highest BCUT2D eigenvalue weighted by molar-refractivity contribution is 6.01. The van der Waals surface area contributed by atoms with E-state index in [9.17, 15) is 4.79 Å². The molecule has 17 heavy (non-hydrogen) atoms. The molecule has 90 valence electrons.